The van der Waals surface area contributed by atoms with E-state index in [1.165, 1.54) is 16.9 Å². The summed E-state index contributed by atoms with van der Waals surface area (Å²) in [5.41, 5.74) is 1.19. The van der Waals surface area contributed by atoms with Crippen molar-refractivity contribution in [2.75, 3.05) is 11.9 Å². The molecule has 0 amide bonds. The Kier molecular flexibility index (Phi) is 4.25. The van der Waals surface area contributed by atoms with Gasteiger partial charge in [-0.15, -0.1) is 10.2 Å². The molecular formula is C12H13N3O2S. The number of aromatic nitrogens is 2. The van der Waals surface area contributed by atoms with Crippen molar-refractivity contribution < 1.29 is 9.90 Å². The fourth-order valence-corrected chi connectivity index (χ4v) is 2.24. The van der Waals surface area contributed by atoms with Gasteiger partial charge in [0.05, 0.1) is 6.42 Å². The van der Waals surface area contributed by atoms with Crippen molar-refractivity contribution in [2.45, 2.75) is 12.8 Å². The molecule has 2 N–H and O–H groups in total. The lowest BCUT2D eigenvalue weighted by atomic mass is 10.2. The van der Waals surface area contributed by atoms with Crippen LogP contribution in [0.2, 0.25) is 0 Å². The minimum Gasteiger partial charge on any atom is -0.481 e. The van der Waals surface area contributed by atoms with Crippen molar-refractivity contribution >= 4 is 22.4 Å². The van der Waals surface area contributed by atoms with E-state index in [0.29, 0.717) is 11.7 Å². The summed E-state index contributed by atoms with van der Waals surface area (Å²) >= 11 is 1.45. The van der Waals surface area contributed by atoms with Gasteiger partial charge in [-0.2, -0.15) is 0 Å². The van der Waals surface area contributed by atoms with Crippen LogP contribution in [0, 0.1) is 0 Å². The van der Waals surface area contributed by atoms with Gasteiger partial charge < -0.3 is 10.4 Å². The van der Waals surface area contributed by atoms with E-state index in [1.807, 2.05) is 30.3 Å². The van der Waals surface area contributed by atoms with Gasteiger partial charge in [0.15, 0.2) is 0 Å². The zero-order chi connectivity index (χ0) is 12.8. The molecule has 1 heterocycles. The number of nitrogens with zero attached hydrogens (tertiary/aromatic N) is 2. The number of hydrogen-bond donors (Lipinski definition) is 2. The molecule has 0 aliphatic heterocycles. The average Bonchev–Trinajstić information content (AvgIpc) is 2.78. The summed E-state index contributed by atoms with van der Waals surface area (Å²) in [6, 6.07) is 10.0. The average molecular weight is 263 g/mol. The molecule has 0 saturated carbocycles. The lowest BCUT2D eigenvalue weighted by molar-refractivity contribution is -0.136. The maximum Gasteiger partial charge on any atom is 0.305 e. The van der Waals surface area contributed by atoms with Gasteiger partial charge in [0.25, 0.3) is 0 Å². The molecule has 0 unspecified atom stereocenters. The van der Waals surface area contributed by atoms with E-state index in [4.69, 9.17) is 5.11 Å². The molecule has 0 atom stereocenters. The summed E-state index contributed by atoms with van der Waals surface area (Å²) in [6.07, 6.45) is 0.826. The molecule has 1 aromatic heterocycles. The third kappa shape index (κ3) is 3.81. The molecule has 6 heteroatoms. The van der Waals surface area contributed by atoms with Crippen LogP contribution in [0.1, 0.15) is 17.0 Å². The van der Waals surface area contributed by atoms with Crippen LogP contribution in [0.3, 0.4) is 0 Å². The van der Waals surface area contributed by atoms with Gasteiger partial charge in [-0.05, 0) is 5.56 Å². The standard InChI is InChI=1S/C12H13N3O2S/c16-11(17)6-7-13-12-15-14-10(18-12)8-9-4-2-1-3-5-9/h1-5H,6-8H2,(H,13,15)(H,16,17). The molecule has 0 bridgehead atoms. The quantitative estimate of drug-likeness (QED) is 0.834. The van der Waals surface area contributed by atoms with Crippen molar-refractivity contribution in [3.63, 3.8) is 0 Å². The first-order valence-corrected chi connectivity index (χ1v) is 6.37. The molecule has 0 fully saturated rings. The van der Waals surface area contributed by atoms with E-state index in [-0.39, 0.29) is 6.42 Å². The zero-order valence-corrected chi connectivity index (χ0v) is 10.5. The maximum atomic E-state index is 10.4. The highest BCUT2D eigenvalue weighted by molar-refractivity contribution is 7.15. The van der Waals surface area contributed by atoms with Crippen LogP contribution in [0.5, 0.6) is 0 Å². The highest BCUT2D eigenvalue weighted by Crippen LogP contribution is 2.18. The largest absolute Gasteiger partial charge is 0.481 e. The van der Waals surface area contributed by atoms with E-state index < -0.39 is 5.97 Å². The van der Waals surface area contributed by atoms with Gasteiger partial charge in [0.2, 0.25) is 5.13 Å². The van der Waals surface area contributed by atoms with E-state index in [9.17, 15) is 4.79 Å². The summed E-state index contributed by atoms with van der Waals surface area (Å²) in [6.45, 7) is 0.370. The maximum absolute atomic E-state index is 10.4. The first-order valence-electron chi connectivity index (χ1n) is 5.56. The zero-order valence-electron chi connectivity index (χ0n) is 9.67. The Morgan fingerprint density at radius 3 is 2.78 bits per heavy atom. The molecule has 94 valence electrons. The minimum absolute atomic E-state index is 0.0770. The number of hydrogen-bond acceptors (Lipinski definition) is 5. The van der Waals surface area contributed by atoms with Gasteiger partial charge in [-0.1, -0.05) is 41.7 Å². The van der Waals surface area contributed by atoms with Crippen LogP contribution in [-0.2, 0) is 11.2 Å². The molecule has 18 heavy (non-hydrogen) atoms. The number of carboxylic acids is 1. The SMILES string of the molecule is O=C(O)CCNc1nnc(Cc2ccccc2)s1. The van der Waals surface area contributed by atoms with Crippen LogP contribution < -0.4 is 5.32 Å². The highest BCUT2D eigenvalue weighted by Gasteiger charge is 2.05. The van der Waals surface area contributed by atoms with Gasteiger partial charge in [0.1, 0.15) is 5.01 Å². The Bertz CT molecular complexity index is 513. The van der Waals surface area contributed by atoms with E-state index >= 15 is 0 Å². The van der Waals surface area contributed by atoms with Gasteiger partial charge in [-0.3, -0.25) is 4.79 Å². The molecule has 0 aliphatic rings. The lowest BCUT2D eigenvalue weighted by Crippen LogP contribution is -2.07. The Hall–Kier alpha value is -1.95. The highest BCUT2D eigenvalue weighted by atomic mass is 32.1. The van der Waals surface area contributed by atoms with E-state index in [0.717, 1.165) is 11.4 Å². The van der Waals surface area contributed by atoms with Crippen LogP contribution in [-0.4, -0.2) is 27.8 Å². The topological polar surface area (TPSA) is 75.1 Å². The predicted molar refractivity (Wildman–Crippen MR) is 69.9 cm³/mol. The second-order valence-electron chi connectivity index (χ2n) is 3.73. The summed E-state index contributed by atoms with van der Waals surface area (Å²) in [7, 11) is 0. The monoisotopic (exact) mass is 263 g/mol. The van der Waals surface area contributed by atoms with Crippen molar-refractivity contribution in [3.8, 4) is 0 Å². The summed E-state index contributed by atoms with van der Waals surface area (Å²) in [4.78, 5) is 10.4. The number of nitrogens with one attached hydrogen (secondary N) is 1. The van der Waals surface area contributed by atoms with Gasteiger partial charge in [0, 0.05) is 13.0 Å². The third-order valence-electron chi connectivity index (χ3n) is 2.28. The van der Waals surface area contributed by atoms with Crippen LogP contribution in [0.25, 0.3) is 0 Å². The van der Waals surface area contributed by atoms with Crippen molar-refractivity contribution in [1.82, 2.24) is 10.2 Å². The summed E-state index contributed by atoms with van der Waals surface area (Å²) in [5, 5.41) is 21.1. The number of aliphatic carboxylic acids is 1. The number of carboxylic acid groups (broad SMARTS) is 1. The molecule has 2 aromatic rings. The fraction of sp³-hybridized carbons (Fsp3) is 0.250. The van der Waals surface area contributed by atoms with Gasteiger partial charge in [-0.25, -0.2) is 0 Å². The number of benzene rings is 1. The minimum atomic E-state index is -0.823. The first kappa shape index (κ1) is 12.5. The number of carbonyl (C=O) groups is 1. The molecule has 0 saturated heterocycles. The lowest BCUT2D eigenvalue weighted by Gasteiger charge is -1.97. The second kappa shape index (κ2) is 6.11. The fourth-order valence-electron chi connectivity index (χ4n) is 1.44. The second-order valence-corrected chi connectivity index (χ2v) is 4.80. The Balaban J connectivity index is 1.88. The van der Waals surface area contributed by atoms with Gasteiger partial charge >= 0.3 is 5.97 Å². The number of anilines is 1. The van der Waals surface area contributed by atoms with Crippen LogP contribution >= 0.6 is 11.3 Å². The van der Waals surface area contributed by atoms with Crippen molar-refractivity contribution in [1.29, 1.82) is 0 Å². The predicted octanol–water partition coefficient (Wildman–Crippen LogP) is 2.02. The molecule has 1 aromatic carbocycles. The van der Waals surface area contributed by atoms with E-state index in [1.54, 1.807) is 0 Å². The Morgan fingerprint density at radius 1 is 1.28 bits per heavy atom. The molecule has 2 rings (SSSR count). The third-order valence-corrected chi connectivity index (χ3v) is 3.16. The first-order chi connectivity index (χ1) is 8.74. The molecule has 5 nitrogen and oxygen atoms in total. The molecule has 0 radical (unpaired) electrons. The van der Waals surface area contributed by atoms with Crippen molar-refractivity contribution in [3.05, 3.63) is 40.9 Å². The van der Waals surface area contributed by atoms with Crippen LogP contribution in [0.4, 0.5) is 5.13 Å². The normalized spacial score (nSPS) is 10.2. The van der Waals surface area contributed by atoms with Crippen molar-refractivity contribution in [2.24, 2.45) is 0 Å². The van der Waals surface area contributed by atoms with E-state index in [2.05, 4.69) is 15.5 Å². The molecule has 0 aliphatic carbocycles. The molecular weight excluding hydrogens is 250 g/mol. The summed E-state index contributed by atoms with van der Waals surface area (Å²) < 4.78 is 0. The van der Waals surface area contributed by atoms with Crippen LogP contribution in [0.15, 0.2) is 30.3 Å². The Labute approximate surface area is 109 Å². The number of rotatable bonds is 6. The smallest absolute Gasteiger partial charge is 0.305 e. The Morgan fingerprint density at radius 2 is 2.06 bits per heavy atom. The summed E-state index contributed by atoms with van der Waals surface area (Å²) in [5.74, 6) is -0.823. The molecule has 0 spiro atoms.